The first-order valence-electron chi connectivity index (χ1n) is 6.09. The van der Waals surface area contributed by atoms with E-state index in [-0.39, 0.29) is 0 Å². The highest BCUT2D eigenvalue weighted by Gasteiger charge is 2.08. The van der Waals surface area contributed by atoms with Crippen LogP contribution in [0.1, 0.15) is 16.7 Å². The molecule has 102 valence electrons. The number of nitrogens with zero attached hydrogens (tertiary/aromatic N) is 1. The van der Waals surface area contributed by atoms with Crippen molar-refractivity contribution in [2.75, 3.05) is 7.11 Å². The van der Waals surface area contributed by atoms with Crippen LogP contribution in [0.5, 0.6) is 17.2 Å². The molecule has 2 rings (SSSR count). The van der Waals surface area contributed by atoms with Gasteiger partial charge in [0.2, 0.25) is 0 Å². The third-order valence-electron chi connectivity index (χ3n) is 2.98. The molecular weight excluding hydrogens is 318 g/mol. The minimum absolute atomic E-state index is 0.542. The summed E-state index contributed by atoms with van der Waals surface area (Å²) in [5.74, 6) is 1.89. The van der Waals surface area contributed by atoms with Crippen LogP contribution in [-0.4, -0.2) is 7.11 Å². The molecule has 0 fully saturated rings. The smallest absolute Gasteiger partial charge is 0.169 e. The number of halogens is 1. The lowest BCUT2D eigenvalue weighted by molar-refractivity contribution is 0.378. The van der Waals surface area contributed by atoms with Gasteiger partial charge in [-0.15, -0.1) is 0 Å². The summed E-state index contributed by atoms with van der Waals surface area (Å²) >= 11 is 3.45. The number of hydrogen-bond donors (Lipinski definition) is 0. The minimum Gasteiger partial charge on any atom is -0.493 e. The van der Waals surface area contributed by atoms with Crippen molar-refractivity contribution in [1.29, 1.82) is 5.26 Å². The molecule has 0 saturated carbocycles. The first-order chi connectivity index (χ1) is 9.67. The van der Waals surface area contributed by atoms with E-state index in [0.29, 0.717) is 17.1 Å². The molecule has 0 bridgehead atoms. The van der Waals surface area contributed by atoms with E-state index in [1.165, 1.54) is 5.56 Å². The molecule has 0 spiro atoms. The monoisotopic (exact) mass is 331 g/mol. The number of rotatable bonds is 4. The first-order valence-corrected chi connectivity index (χ1v) is 7.21. The van der Waals surface area contributed by atoms with Crippen molar-refractivity contribution in [3.05, 3.63) is 53.1 Å². The van der Waals surface area contributed by atoms with E-state index in [4.69, 9.17) is 14.7 Å². The molecule has 0 N–H and O–H groups in total. The topological polar surface area (TPSA) is 42.2 Å². The maximum atomic E-state index is 8.88. The Morgan fingerprint density at radius 1 is 1.15 bits per heavy atom. The second kappa shape index (κ2) is 6.44. The van der Waals surface area contributed by atoms with Gasteiger partial charge in [0.1, 0.15) is 5.75 Å². The fourth-order valence-electron chi connectivity index (χ4n) is 1.83. The Balaban J connectivity index is 2.30. The van der Waals surface area contributed by atoms with Gasteiger partial charge in [-0.2, -0.15) is 5.26 Å². The van der Waals surface area contributed by atoms with Crippen LogP contribution >= 0.6 is 15.9 Å². The fraction of sp³-hybridized carbons (Fsp3) is 0.188. The van der Waals surface area contributed by atoms with E-state index in [9.17, 15) is 0 Å². The molecule has 0 aliphatic heterocycles. The molecule has 0 atom stereocenters. The number of hydrogen-bond acceptors (Lipinski definition) is 3. The average molecular weight is 332 g/mol. The normalized spacial score (nSPS) is 9.90. The summed E-state index contributed by atoms with van der Waals surface area (Å²) in [4.78, 5) is 0. The molecule has 2 aromatic carbocycles. The molecule has 20 heavy (non-hydrogen) atoms. The van der Waals surface area contributed by atoms with Crippen LogP contribution in [0.4, 0.5) is 0 Å². The summed E-state index contributed by atoms with van der Waals surface area (Å²) in [5, 5.41) is 9.70. The lowest BCUT2D eigenvalue weighted by Crippen LogP contribution is -1.92. The van der Waals surface area contributed by atoms with Crippen LogP contribution in [-0.2, 0) is 5.33 Å². The van der Waals surface area contributed by atoms with Gasteiger partial charge in [-0.05, 0) is 42.3 Å². The molecule has 0 aliphatic rings. The predicted octanol–water partition coefficient (Wildman–Crippen LogP) is 4.56. The third-order valence-corrected chi connectivity index (χ3v) is 3.58. The number of ether oxygens (including phenoxy) is 2. The zero-order chi connectivity index (χ0) is 14.5. The van der Waals surface area contributed by atoms with Gasteiger partial charge < -0.3 is 9.47 Å². The van der Waals surface area contributed by atoms with Gasteiger partial charge in [0.15, 0.2) is 11.5 Å². The van der Waals surface area contributed by atoms with Crippen LogP contribution in [0, 0.1) is 18.3 Å². The quantitative estimate of drug-likeness (QED) is 0.771. The van der Waals surface area contributed by atoms with E-state index in [0.717, 1.165) is 16.6 Å². The Hall–Kier alpha value is -1.99. The van der Waals surface area contributed by atoms with E-state index in [2.05, 4.69) is 22.0 Å². The summed E-state index contributed by atoms with van der Waals surface area (Å²) < 4.78 is 11.1. The van der Waals surface area contributed by atoms with Crippen molar-refractivity contribution in [3.8, 4) is 23.3 Å². The first kappa shape index (κ1) is 14.4. The highest BCUT2D eigenvalue weighted by Crippen LogP contribution is 2.33. The van der Waals surface area contributed by atoms with Crippen LogP contribution in [0.3, 0.4) is 0 Å². The second-order valence-corrected chi connectivity index (χ2v) is 4.86. The number of benzene rings is 2. The summed E-state index contributed by atoms with van der Waals surface area (Å²) in [6.07, 6.45) is 0. The van der Waals surface area contributed by atoms with Gasteiger partial charge in [0, 0.05) is 11.4 Å². The summed E-state index contributed by atoms with van der Waals surface area (Å²) in [7, 11) is 1.56. The average Bonchev–Trinajstić information content (AvgIpc) is 2.48. The van der Waals surface area contributed by atoms with E-state index < -0.39 is 0 Å². The minimum atomic E-state index is 0.542. The van der Waals surface area contributed by atoms with Crippen molar-refractivity contribution >= 4 is 15.9 Å². The van der Waals surface area contributed by atoms with Crippen LogP contribution in [0.15, 0.2) is 36.4 Å². The third kappa shape index (κ3) is 3.12. The van der Waals surface area contributed by atoms with Crippen LogP contribution in [0.25, 0.3) is 0 Å². The fourth-order valence-corrected chi connectivity index (χ4v) is 2.46. The maximum absolute atomic E-state index is 8.88. The largest absolute Gasteiger partial charge is 0.493 e. The molecule has 0 aliphatic carbocycles. The van der Waals surface area contributed by atoms with Gasteiger partial charge >= 0.3 is 0 Å². The van der Waals surface area contributed by atoms with Crippen molar-refractivity contribution in [2.24, 2.45) is 0 Å². The lowest BCUT2D eigenvalue weighted by Gasteiger charge is -2.12. The van der Waals surface area contributed by atoms with Crippen LogP contribution < -0.4 is 9.47 Å². The number of aryl methyl sites for hydroxylation is 1. The summed E-state index contributed by atoms with van der Waals surface area (Å²) in [6, 6.07) is 13.1. The Morgan fingerprint density at radius 3 is 2.55 bits per heavy atom. The maximum Gasteiger partial charge on any atom is 0.169 e. The molecule has 0 aromatic heterocycles. The van der Waals surface area contributed by atoms with Crippen molar-refractivity contribution in [2.45, 2.75) is 12.3 Å². The zero-order valence-corrected chi connectivity index (χ0v) is 12.9. The van der Waals surface area contributed by atoms with E-state index in [1.54, 1.807) is 25.3 Å². The van der Waals surface area contributed by atoms with Gasteiger partial charge in [0.25, 0.3) is 0 Å². The molecule has 4 heteroatoms. The van der Waals surface area contributed by atoms with Crippen molar-refractivity contribution in [3.63, 3.8) is 0 Å². The molecule has 3 nitrogen and oxygen atoms in total. The Bertz CT molecular complexity index is 662. The van der Waals surface area contributed by atoms with Gasteiger partial charge in [-0.25, -0.2) is 0 Å². The summed E-state index contributed by atoms with van der Waals surface area (Å²) in [6.45, 7) is 2.04. The van der Waals surface area contributed by atoms with Crippen molar-refractivity contribution < 1.29 is 9.47 Å². The molecule has 0 unspecified atom stereocenters. The SMILES string of the molecule is COc1cc(C#N)ccc1Oc1ccc(CBr)c(C)c1. The Morgan fingerprint density at radius 2 is 1.95 bits per heavy atom. The van der Waals surface area contributed by atoms with E-state index >= 15 is 0 Å². The van der Waals surface area contributed by atoms with Crippen LogP contribution in [0.2, 0.25) is 0 Å². The molecule has 0 heterocycles. The Kier molecular flexibility index (Phi) is 4.65. The number of methoxy groups -OCH3 is 1. The number of nitriles is 1. The highest BCUT2D eigenvalue weighted by molar-refractivity contribution is 9.08. The lowest BCUT2D eigenvalue weighted by atomic mass is 10.1. The Labute approximate surface area is 126 Å². The van der Waals surface area contributed by atoms with Gasteiger partial charge in [0.05, 0.1) is 18.7 Å². The highest BCUT2D eigenvalue weighted by atomic mass is 79.9. The number of alkyl halides is 1. The molecule has 0 amide bonds. The molecule has 0 saturated heterocycles. The molecule has 2 aromatic rings. The molecular formula is C16H14BrNO2. The molecule has 0 radical (unpaired) electrons. The van der Waals surface area contributed by atoms with E-state index in [1.807, 2.05) is 25.1 Å². The second-order valence-electron chi connectivity index (χ2n) is 4.30. The predicted molar refractivity (Wildman–Crippen MR) is 81.6 cm³/mol. The van der Waals surface area contributed by atoms with Gasteiger partial charge in [-0.1, -0.05) is 22.0 Å². The van der Waals surface area contributed by atoms with Gasteiger partial charge in [-0.3, -0.25) is 0 Å². The van der Waals surface area contributed by atoms with Crippen molar-refractivity contribution in [1.82, 2.24) is 0 Å². The zero-order valence-electron chi connectivity index (χ0n) is 11.3. The standard InChI is InChI=1S/C16H14BrNO2/c1-11-7-14(5-4-13(11)9-17)20-15-6-3-12(10-18)8-16(15)19-2/h3-8H,9H2,1-2H3. The summed E-state index contributed by atoms with van der Waals surface area (Å²) in [5.41, 5.74) is 2.93.